The van der Waals surface area contributed by atoms with Crippen LogP contribution in [-0.4, -0.2) is 24.9 Å². The van der Waals surface area contributed by atoms with Gasteiger partial charge >= 0.3 is 0 Å². The Balaban J connectivity index is 2.60. The van der Waals surface area contributed by atoms with Gasteiger partial charge in [0.15, 0.2) is 12.3 Å². The van der Waals surface area contributed by atoms with Gasteiger partial charge in [-0.3, -0.25) is 5.41 Å². The van der Waals surface area contributed by atoms with Gasteiger partial charge in [-0.1, -0.05) is 12.2 Å². The first-order chi connectivity index (χ1) is 4.84. The van der Waals surface area contributed by atoms with Gasteiger partial charge in [-0.2, -0.15) is 0 Å². The van der Waals surface area contributed by atoms with E-state index in [4.69, 9.17) is 10.1 Å². The molecule has 0 atom stereocenters. The Bertz CT molecular complexity index is 184. The maximum absolute atomic E-state index is 6.69. The molecular formula is C7H10N2O. The first-order valence-corrected chi connectivity index (χ1v) is 3.08. The van der Waals surface area contributed by atoms with Crippen molar-refractivity contribution in [3.8, 4) is 0 Å². The van der Waals surface area contributed by atoms with Crippen LogP contribution in [0.15, 0.2) is 24.1 Å². The number of ether oxygens (including phenoxy) is 1. The molecule has 0 saturated carbocycles. The predicted molar refractivity (Wildman–Crippen MR) is 39.7 cm³/mol. The number of nitrogens with zero attached hydrogens (tertiary/aromatic N) is 1. The zero-order valence-electron chi connectivity index (χ0n) is 5.87. The molecular weight excluding hydrogens is 128 g/mol. The van der Waals surface area contributed by atoms with Gasteiger partial charge in [0.2, 0.25) is 0 Å². The summed E-state index contributed by atoms with van der Waals surface area (Å²) in [6.45, 7) is 0.847. The van der Waals surface area contributed by atoms with Crippen LogP contribution in [-0.2, 0) is 4.74 Å². The largest absolute Gasteiger partial charge is 0.430 e. The summed E-state index contributed by atoms with van der Waals surface area (Å²) >= 11 is 0. The molecule has 1 aliphatic heterocycles. The van der Waals surface area contributed by atoms with E-state index in [2.05, 4.69) is 0 Å². The van der Waals surface area contributed by atoms with Gasteiger partial charge in [-0.05, 0) is 6.08 Å². The Labute approximate surface area is 60.1 Å². The van der Waals surface area contributed by atoms with Gasteiger partial charge in [-0.15, -0.1) is 0 Å². The molecule has 0 aliphatic carbocycles. The highest BCUT2D eigenvalue weighted by molar-refractivity contribution is 5.43. The Hall–Kier alpha value is -1.25. The summed E-state index contributed by atoms with van der Waals surface area (Å²) in [6.07, 6.45) is 6.70. The molecule has 0 saturated heterocycles. The van der Waals surface area contributed by atoms with Gasteiger partial charge in [0.25, 0.3) is 0 Å². The van der Waals surface area contributed by atoms with Crippen LogP contribution in [0.3, 0.4) is 0 Å². The van der Waals surface area contributed by atoms with Crippen molar-refractivity contribution < 1.29 is 4.74 Å². The molecule has 3 nitrogen and oxygen atoms in total. The van der Waals surface area contributed by atoms with Crippen molar-refractivity contribution >= 4 is 6.40 Å². The molecule has 0 aromatic carbocycles. The van der Waals surface area contributed by atoms with Crippen LogP contribution in [0.25, 0.3) is 0 Å². The smallest absolute Gasteiger partial charge is 0.197 e. The van der Waals surface area contributed by atoms with Crippen LogP contribution < -0.4 is 0 Å². The fraction of sp³-hybridized carbons (Fsp3) is 0.286. The monoisotopic (exact) mass is 138 g/mol. The first-order valence-electron chi connectivity index (χ1n) is 3.08. The third-order valence-electron chi connectivity index (χ3n) is 1.31. The van der Waals surface area contributed by atoms with Crippen LogP contribution in [0.2, 0.25) is 0 Å². The van der Waals surface area contributed by atoms with Crippen molar-refractivity contribution in [1.29, 1.82) is 5.41 Å². The molecule has 0 bridgehead atoms. The third-order valence-corrected chi connectivity index (χ3v) is 1.31. The van der Waals surface area contributed by atoms with E-state index in [0.29, 0.717) is 0 Å². The van der Waals surface area contributed by atoms with E-state index in [9.17, 15) is 0 Å². The van der Waals surface area contributed by atoms with E-state index < -0.39 is 0 Å². The molecule has 0 fully saturated rings. The fourth-order valence-corrected chi connectivity index (χ4v) is 0.776. The molecule has 0 radical (unpaired) electrons. The lowest BCUT2D eigenvalue weighted by atomic mass is 10.3. The van der Waals surface area contributed by atoms with Crippen molar-refractivity contribution in [3.05, 3.63) is 24.1 Å². The number of rotatable bonds is 2. The summed E-state index contributed by atoms with van der Waals surface area (Å²) in [5, 5.41) is 6.69. The highest BCUT2D eigenvalue weighted by Gasteiger charge is 2.04. The minimum absolute atomic E-state index is 0.720. The zero-order chi connectivity index (χ0) is 7.40. The highest BCUT2D eigenvalue weighted by atomic mass is 16.5. The number of likely N-dealkylation sites (N-methyl/N-ethyl adjacent to an activating group) is 1. The minimum Gasteiger partial charge on any atom is -0.430 e. The van der Waals surface area contributed by atoms with Crippen LogP contribution >= 0.6 is 0 Å². The van der Waals surface area contributed by atoms with E-state index in [1.165, 1.54) is 0 Å². The van der Waals surface area contributed by atoms with E-state index in [-0.39, 0.29) is 0 Å². The normalized spacial score (nSPS) is 16.5. The second kappa shape index (κ2) is 3.06. The van der Waals surface area contributed by atoms with Gasteiger partial charge in [0.1, 0.15) is 0 Å². The summed E-state index contributed by atoms with van der Waals surface area (Å²) in [5.74, 6) is 0.720. The quantitative estimate of drug-likeness (QED) is 0.455. The number of allylic oxidation sites excluding steroid dienone is 2. The Morgan fingerprint density at radius 1 is 1.80 bits per heavy atom. The molecule has 1 heterocycles. The molecule has 0 spiro atoms. The molecule has 0 aromatic rings. The van der Waals surface area contributed by atoms with Gasteiger partial charge in [-0.25, -0.2) is 0 Å². The minimum atomic E-state index is 0.720. The standard InChI is InChI=1S/C7H10N2O/c1-9-5-3-2-4-7(9)10-6-8/h2-4,6,8H,5H2,1H3. The van der Waals surface area contributed by atoms with Crippen molar-refractivity contribution in [2.24, 2.45) is 0 Å². The van der Waals surface area contributed by atoms with Crippen molar-refractivity contribution in [2.45, 2.75) is 0 Å². The Morgan fingerprint density at radius 3 is 3.20 bits per heavy atom. The summed E-state index contributed by atoms with van der Waals surface area (Å²) < 4.78 is 4.87. The van der Waals surface area contributed by atoms with Gasteiger partial charge in [0, 0.05) is 13.6 Å². The summed E-state index contributed by atoms with van der Waals surface area (Å²) in [6, 6.07) is 0. The summed E-state index contributed by atoms with van der Waals surface area (Å²) in [5.41, 5.74) is 0. The van der Waals surface area contributed by atoms with Crippen molar-refractivity contribution in [2.75, 3.05) is 13.6 Å². The molecule has 0 aromatic heterocycles. The number of hydrogen-bond acceptors (Lipinski definition) is 3. The highest BCUT2D eigenvalue weighted by Crippen LogP contribution is 2.06. The molecule has 1 rings (SSSR count). The van der Waals surface area contributed by atoms with E-state index in [0.717, 1.165) is 18.8 Å². The van der Waals surface area contributed by atoms with E-state index >= 15 is 0 Å². The third kappa shape index (κ3) is 1.37. The maximum atomic E-state index is 6.69. The Morgan fingerprint density at radius 2 is 2.60 bits per heavy atom. The first kappa shape index (κ1) is 6.86. The molecule has 1 N–H and O–H groups in total. The average molecular weight is 138 g/mol. The predicted octanol–water partition coefficient (Wildman–Crippen LogP) is 0.953. The summed E-state index contributed by atoms with van der Waals surface area (Å²) in [7, 11) is 1.92. The van der Waals surface area contributed by atoms with E-state index in [1.807, 2.05) is 30.2 Å². The molecule has 0 unspecified atom stereocenters. The molecule has 10 heavy (non-hydrogen) atoms. The van der Waals surface area contributed by atoms with Crippen molar-refractivity contribution in [1.82, 2.24) is 4.90 Å². The fourth-order valence-electron chi connectivity index (χ4n) is 0.776. The molecule has 0 amide bonds. The van der Waals surface area contributed by atoms with Crippen molar-refractivity contribution in [3.63, 3.8) is 0 Å². The van der Waals surface area contributed by atoms with E-state index in [1.54, 1.807) is 0 Å². The number of hydrogen-bond donors (Lipinski definition) is 1. The Kier molecular flexibility index (Phi) is 2.10. The van der Waals surface area contributed by atoms with Gasteiger partial charge < -0.3 is 9.64 Å². The second-order valence-electron chi connectivity index (χ2n) is 2.05. The van der Waals surface area contributed by atoms with Gasteiger partial charge in [0.05, 0.1) is 0 Å². The lowest BCUT2D eigenvalue weighted by Gasteiger charge is -2.20. The average Bonchev–Trinajstić information content (AvgIpc) is 1.94. The number of nitrogens with one attached hydrogen (secondary N) is 1. The van der Waals surface area contributed by atoms with Crippen LogP contribution in [0.4, 0.5) is 0 Å². The second-order valence-corrected chi connectivity index (χ2v) is 2.05. The lowest BCUT2D eigenvalue weighted by Crippen LogP contribution is -2.21. The molecule has 1 aliphatic rings. The zero-order valence-corrected chi connectivity index (χ0v) is 5.87. The molecule has 3 heteroatoms. The summed E-state index contributed by atoms with van der Waals surface area (Å²) in [4.78, 5) is 1.92. The van der Waals surface area contributed by atoms with Crippen LogP contribution in [0, 0.1) is 5.41 Å². The van der Waals surface area contributed by atoms with Crippen LogP contribution in [0.1, 0.15) is 0 Å². The topological polar surface area (TPSA) is 36.3 Å². The molecule has 54 valence electrons. The van der Waals surface area contributed by atoms with Crippen LogP contribution in [0.5, 0.6) is 0 Å². The maximum Gasteiger partial charge on any atom is 0.197 e. The lowest BCUT2D eigenvalue weighted by molar-refractivity contribution is 0.260. The SMILES string of the molecule is CN1CC=CC=C1OC=N.